The predicted molar refractivity (Wildman–Crippen MR) is 84.4 cm³/mol. The molecule has 0 aliphatic heterocycles. The van der Waals surface area contributed by atoms with Crippen molar-refractivity contribution in [1.29, 1.82) is 0 Å². The molecule has 0 spiro atoms. The zero-order chi connectivity index (χ0) is 15.4. The number of nitrogens with one attached hydrogen (secondary N) is 1. The molecule has 0 bridgehead atoms. The smallest absolute Gasteiger partial charge is 0.141 e. The number of rotatable bonds is 5. The van der Waals surface area contributed by atoms with Crippen LogP contribution < -0.4 is 10.1 Å². The Morgan fingerprint density at radius 3 is 2.14 bits per heavy atom. The van der Waals surface area contributed by atoms with Crippen molar-refractivity contribution in [2.45, 2.75) is 25.9 Å². The van der Waals surface area contributed by atoms with Crippen LogP contribution in [0, 0.1) is 5.82 Å². The lowest BCUT2D eigenvalue weighted by Gasteiger charge is -2.21. The summed E-state index contributed by atoms with van der Waals surface area (Å²) in [4.78, 5) is 0. The number of methoxy groups -OCH3 is 1. The summed E-state index contributed by atoms with van der Waals surface area (Å²) in [5.74, 6) is 0.445. The van der Waals surface area contributed by atoms with Gasteiger partial charge in [-0.05, 0) is 49.2 Å². The molecule has 0 fully saturated rings. The Bertz CT molecular complexity index is 600. The second-order valence-electron chi connectivity index (χ2n) is 5.06. The molecule has 0 heterocycles. The van der Waals surface area contributed by atoms with Gasteiger partial charge in [-0.2, -0.15) is 0 Å². The molecule has 21 heavy (non-hydrogen) atoms. The highest BCUT2D eigenvalue weighted by atomic mass is 35.5. The fraction of sp³-hybridized carbons (Fsp3) is 0.294. The van der Waals surface area contributed by atoms with Crippen LogP contribution in [0.15, 0.2) is 42.5 Å². The largest absolute Gasteiger partial charge is 0.497 e. The normalized spacial score (nSPS) is 13.8. The highest BCUT2D eigenvalue weighted by Crippen LogP contribution is 2.24. The molecule has 0 saturated carbocycles. The van der Waals surface area contributed by atoms with Crippen LogP contribution in [-0.2, 0) is 0 Å². The van der Waals surface area contributed by atoms with Gasteiger partial charge in [-0.25, -0.2) is 4.39 Å². The van der Waals surface area contributed by atoms with Crippen LogP contribution in [0.5, 0.6) is 5.75 Å². The van der Waals surface area contributed by atoms with Gasteiger partial charge in [0.25, 0.3) is 0 Å². The van der Waals surface area contributed by atoms with Gasteiger partial charge in [-0.15, -0.1) is 0 Å². The van der Waals surface area contributed by atoms with Gasteiger partial charge < -0.3 is 10.1 Å². The van der Waals surface area contributed by atoms with E-state index in [2.05, 4.69) is 12.2 Å². The molecule has 0 aliphatic carbocycles. The monoisotopic (exact) mass is 307 g/mol. The average Bonchev–Trinajstić information content (AvgIpc) is 2.50. The Balaban J connectivity index is 2.06. The highest BCUT2D eigenvalue weighted by Gasteiger charge is 2.12. The SMILES string of the molecule is COc1ccc([C@@H](C)NC(C)c2ccc(F)c(Cl)c2)cc1. The topological polar surface area (TPSA) is 21.3 Å². The van der Waals surface area contributed by atoms with Crippen LogP contribution in [-0.4, -0.2) is 7.11 Å². The molecule has 0 saturated heterocycles. The highest BCUT2D eigenvalue weighted by molar-refractivity contribution is 6.30. The van der Waals surface area contributed by atoms with E-state index in [0.29, 0.717) is 0 Å². The second kappa shape index (κ2) is 6.92. The maximum absolute atomic E-state index is 13.2. The zero-order valence-corrected chi connectivity index (χ0v) is 13.1. The molecule has 4 heteroatoms. The van der Waals surface area contributed by atoms with Gasteiger partial charge in [0, 0.05) is 12.1 Å². The summed E-state index contributed by atoms with van der Waals surface area (Å²) in [6.07, 6.45) is 0. The molecule has 2 aromatic carbocycles. The summed E-state index contributed by atoms with van der Waals surface area (Å²) >= 11 is 5.83. The Morgan fingerprint density at radius 1 is 1.00 bits per heavy atom. The van der Waals surface area contributed by atoms with E-state index in [9.17, 15) is 4.39 Å². The Kier molecular flexibility index (Phi) is 5.21. The van der Waals surface area contributed by atoms with Gasteiger partial charge in [0.1, 0.15) is 11.6 Å². The molecular weight excluding hydrogens is 289 g/mol. The molecule has 0 amide bonds. The summed E-state index contributed by atoms with van der Waals surface area (Å²) in [6.45, 7) is 4.12. The lowest BCUT2D eigenvalue weighted by molar-refractivity contribution is 0.414. The van der Waals surface area contributed by atoms with Crippen molar-refractivity contribution in [1.82, 2.24) is 5.32 Å². The first-order chi connectivity index (χ1) is 10.0. The summed E-state index contributed by atoms with van der Waals surface area (Å²) in [5.41, 5.74) is 2.12. The van der Waals surface area contributed by atoms with Crippen LogP contribution >= 0.6 is 11.6 Å². The standard InChI is InChI=1S/C17H19ClFNO/c1-11(13-4-7-15(21-3)8-5-13)20-12(2)14-6-9-17(19)16(18)10-14/h4-12,20H,1-3H3/t11-,12?/m1/s1. The van der Waals surface area contributed by atoms with Crippen molar-refractivity contribution in [3.05, 3.63) is 64.4 Å². The third kappa shape index (κ3) is 3.96. The Hall–Kier alpha value is -1.58. The van der Waals surface area contributed by atoms with Crippen molar-refractivity contribution in [2.75, 3.05) is 7.11 Å². The minimum absolute atomic E-state index is 0.0696. The molecule has 0 aromatic heterocycles. The fourth-order valence-electron chi connectivity index (χ4n) is 2.24. The average molecular weight is 308 g/mol. The second-order valence-corrected chi connectivity index (χ2v) is 5.46. The van der Waals surface area contributed by atoms with Crippen molar-refractivity contribution < 1.29 is 9.13 Å². The van der Waals surface area contributed by atoms with E-state index < -0.39 is 5.82 Å². The van der Waals surface area contributed by atoms with Crippen LogP contribution in [0.2, 0.25) is 5.02 Å². The van der Waals surface area contributed by atoms with Crippen molar-refractivity contribution >= 4 is 11.6 Å². The first-order valence-corrected chi connectivity index (χ1v) is 7.24. The molecule has 2 nitrogen and oxygen atoms in total. The molecule has 1 unspecified atom stereocenters. The number of ether oxygens (including phenoxy) is 1. The van der Waals surface area contributed by atoms with Gasteiger partial charge in [-0.1, -0.05) is 29.8 Å². The molecule has 1 N–H and O–H groups in total. The lowest BCUT2D eigenvalue weighted by atomic mass is 10.0. The van der Waals surface area contributed by atoms with E-state index in [4.69, 9.17) is 16.3 Å². The Labute approximate surface area is 129 Å². The van der Waals surface area contributed by atoms with E-state index >= 15 is 0 Å². The van der Waals surface area contributed by atoms with Crippen molar-refractivity contribution in [3.8, 4) is 5.75 Å². The van der Waals surface area contributed by atoms with Crippen LogP contribution in [0.4, 0.5) is 4.39 Å². The number of halogens is 2. The van der Waals surface area contributed by atoms with Gasteiger partial charge >= 0.3 is 0 Å². The lowest BCUT2D eigenvalue weighted by Crippen LogP contribution is -2.22. The predicted octanol–water partition coefficient (Wildman–Crippen LogP) is 4.90. The minimum atomic E-state index is -0.393. The summed E-state index contributed by atoms with van der Waals surface area (Å²) < 4.78 is 18.3. The van der Waals surface area contributed by atoms with E-state index in [1.54, 1.807) is 19.2 Å². The quantitative estimate of drug-likeness (QED) is 0.848. The fourth-order valence-corrected chi connectivity index (χ4v) is 2.43. The molecule has 0 radical (unpaired) electrons. The van der Waals surface area contributed by atoms with Gasteiger partial charge in [0.2, 0.25) is 0 Å². The maximum atomic E-state index is 13.2. The molecule has 2 atom stereocenters. The number of hydrogen-bond acceptors (Lipinski definition) is 2. The van der Waals surface area contributed by atoms with E-state index in [1.807, 2.05) is 31.2 Å². The maximum Gasteiger partial charge on any atom is 0.141 e. The zero-order valence-electron chi connectivity index (χ0n) is 12.4. The molecular formula is C17H19ClFNO. The first kappa shape index (κ1) is 15.8. The van der Waals surface area contributed by atoms with E-state index in [0.717, 1.165) is 16.9 Å². The Morgan fingerprint density at radius 2 is 1.57 bits per heavy atom. The summed E-state index contributed by atoms with van der Waals surface area (Å²) in [7, 11) is 1.65. The van der Waals surface area contributed by atoms with Crippen molar-refractivity contribution in [3.63, 3.8) is 0 Å². The third-order valence-electron chi connectivity index (χ3n) is 3.56. The third-order valence-corrected chi connectivity index (χ3v) is 3.85. The molecule has 0 aliphatic rings. The molecule has 2 aromatic rings. The molecule has 112 valence electrons. The first-order valence-electron chi connectivity index (χ1n) is 6.86. The summed E-state index contributed by atoms with van der Waals surface area (Å²) in [5, 5.41) is 3.63. The van der Waals surface area contributed by atoms with Crippen LogP contribution in [0.25, 0.3) is 0 Å². The van der Waals surface area contributed by atoms with E-state index in [1.165, 1.54) is 6.07 Å². The minimum Gasteiger partial charge on any atom is -0.497 e. The van der Waals surface area contributed by atoms with Crippen LogP contribution in [0.1, 0.15) is 37.1 Å². The van der Waals surface area contributed by atoms with Crippen LogP contribution in [0.3, 0.4) is 0 Å². The van der Waals surface area contributed by atoms with Crippen molar-refractivity contribution in [2.24, 2.45) is 0 Å². The van der Waals surface area contributed by atoms with Gasteiger partial charge in [-0.3, -0.25) is 0 Å². The van der Waals surface area contributed by atoms with E-state index in [-0.39, 0.29) is 17.1 Å². The number of hydrogen-bond donors (Lipinski definition) is 1. The summed E-state index contributed by atoms with van der Waals surface area (Å²) in [6, 6.07) is 13.0. The number of benzene rings is 2. The van der Waals surface area contributed by atoms with Gasteiger partial charge in [0.05, 0.1) is 12.1 Å². The molecule has 2 rings (SSSR count). The van der Waals surface area contributed by atoms with Gasteiger partial charge in [0.15, 0.2) is 0 Å².